The van der Waals surface area contributed by atoms with Gasteiger partial charge in [0.15, 0.2) is 0 Å². The first kappa shape index (κ1) is 9.21. The van der Waals surface area contributed by atoms with Crippen molar-refractivity contribution in [2.24, 2.45) is 0 Å². The lowest BCUT2D eigenvalue weighted by Gasteiger charge is -2.22. The lowest BCUT2D eigenvalue weighted by molar-refractivity contribution is 0.0223. The first-order chi connectivity index (χ1) is 5.08. The molecule has 11 heavy (non-hydrogen) atoms. The number of halogens is 1. The van der Waals surface area contributed by atoms with Crippen molar-refractivity contribution in [3.63, 3.8) is 0 Å². The number of morpholine rings is 1. The Morgan fingerprint density at radius 2 is 2.36 bits per heavy atom. The minimum absolute atomic E-state index is 0.450. The van der Waals surface area contributed by atoms with Crippen LogP contribution in [0.3, 0.4) is 0 Å². The fourth-order valence-corrected chi connectivity index (χ4v) is 1.56. The smallest absolute Gasteiger partial charge is 0.299 e. The summed E-state index contributed by atoms with van der Waals surface area (Å²) < 4.78 is 28.0. The van der Waals surface area contributed by atoms with Crippen molar-refractivity contribution in [2.45, 2.75) is 6.23 Å². The van der Waals surface area contributed by atoms with Crippen molar-refractivity contribution in [1.29, 1.82) is 0 Å². The zero-order valence-corrected chi connectivity index (χ0v) is 7.28. The van der Waals surface area contributed by atoms with E-state index < -0.39 is 15.5 Å². The van der Waals surface area contributed by atoms with Crippen LogP contribution in [-0.4, -0.2) is 34.3 Å². The van der Waals surface area contributed by atoms with E-state index in [1.807, 2.05) is 0 Å². The van der Waals surface area contributed by atoms with Crippen LogP contribution in [0, 0.1) is 0 Å². The van der Waals surface area contributed by atoms with E-state index in [1.165, 1.54) is 0 Å². The molecule has 7 heteroatoms. The van der Waals surface area contributed by atoms with Crippen molar-refractivity contribution < 1.29 is 13.2 Å². The highest BCUT2D eigenvalue weighted by molar-refractivity contribution is 8.12. The van der Waals surface area contributed by atoms with Gasteiger partial charge in [0.25, 0.3) is 9.24 Å². The second kappa shape index (κ2) is 3.68. The van der Waals surface area contributed by atoms with Gasteiger partial charge in [0.2, 0.25) is 0 Å². The Balaban J connectivity index is 2.36. The number of hydrogen-bond donors (Lipinski definition) is 2. The molecule has 0 radical (unpaired) electrons. The van der Waals surface area contributed by atoms with E-state index >= 15 is 0 Å². The van der Waals surface area contributed by atoms with Crippen LogP contribution in [0.15, 0.2) is 0 Å². The molecule has 0 aromatic rings. The molecule has 0 aromatic heterocycles. The summed E-state index contributed by atoms with van der Waals surface area (Å²) in [6.45, 7) is 1.68. The maximum Gasteiger partial charge on any atom is 0.299 e. The molecular formula is C4H9ClN2O3S. The molecule has 0 bridgehead atoms. The van der Waals surface area contributed by atoms with Gasteiger partial charge in [-0.3, -0.25) is 0 Å². The first-order valence-corrected chi connectivity index (χ1v) is 5.43. The minimum Gasteiger partial charge on any atom is -0.360 e. The third-order valence-electron chi connectivity index (χ3n) is 1.20. The van der Waals surface area contributed by atoms with E-state index in [4.69, 9.17) is 15.4 Å². The third-order valence-corrected chi connectivity index (χ3v) is 2.01. The highest BCUT2D eigenvalue weighted by Crippen LogP contribution is 1.97. The zero-order chi connectivity index (χ0) is 8.32. The molecule has 66 valence electrons. The Kier molecular flexibility index (Phi) is 3.08. The summed E-state index contributed by atoms with van der Waals surface area (Å²) in [5.74, 6) is 0. The lowest BCUT2D eigenvalue weighted by Crippen LogP contribution is -2.47. The molecule has 2 N–H and O–H groups in total. The molecule has 0 saturated carbocycles. The maximum atomic E-state index is 10.4. The van der Waals surface area contributed by atoms with Crippen molar-refractivity contribution in [3.8, 4) is 0 Å². The van der Waals surface area contributed by atoms with E-state index in [0.717, 1.165) is 6.54 Å². The van der Waals surface area contributed by atoms with Crippen LogP contribution in [0.2, 0.25) is 0 Å². The summed E-state index contributed by atoms with van der Waals surface area (Å²) in [6.07, 6.45) is -0.536. The van der Waals surface area contributed by atoms with Crippen LogP contribution in [0.1, 0.15) is 0 Å². The predicted octanol–water partition coefficient (Wildman–Crippen LogP) is -0.995. The normalized spacial score (nSPS) is 26.8. The van der Waals surface area contributed by atoms with Gasteiger partial charge in [-0.25, -0.2) is 0 Å². The third kappa shape index (κ3) is 3.88. The van der Waals surface area contributed by atoms with Crippen molar-refractivity contribution in [1.82, 2.24) is 10.0 Å². The summed E-state index contributed by atoms with van der Waals surface area (Å²) in [4.78, 5) is 0. The molecule has 0 aliphatic carbocycles. The number of ether oxygens (including phenoxy) is 1. The van der Waals surface area contributed by atoms with Crippen LogP contribution in [0.25, 0.3) is 0 Å². The second-order valence-electron chi connectivity index (χ2n) is 2.12. The molecule has 1 unspecified atom stereocenters. The number of hydrogen-bond acceptors (Lipinski definition) is 4. The summed E-state index contributed by atoms with van der Waals surface area (Å²) >= 11 is 0. The molecule has 0 aromatic carbocycles. The Bertz CT molecular complexity index is 211. The molecule has 1 atom stereocenters. The van der Waals surface area contributed by atoms with Crippen LogP contribution in [-0.2, 0) is 14.0 Å². The standard InChI is InChI=1S/C4H9ClN2O3S/c5-11(8,9)7-4-3-6-1-2-10-4/h4,6-7H,1-3H2. The van der Waals surface area contributed by atoms with E-state index in [0.29, 0.717) is 13.2 Å². The van der Waals surface area contributed by atoms with E-state index in [2.05, 4.69) is 10.0 Å². The van der Waals surface area contributed by atoms with E-state index in [9.17, 15) is 8.42 Å². The van der Waals surface area contributed by atoms with Gasteiger partial charge in [0, 0.05) is 23.8 Å². The zero-order valence-electron chi connectivity index (χ0n) is 5.71. The molecule has 1 aliphatic heterocycles. The Hall–Kier alpha value is 0.120. The summed E-state index contributed by atoms with van der Waals surface area (Å²) in [5, 5.41) is 2.95. The Morgan fingerprint density at radius 1 is 1.64 bits per heavy atom. The number of nitrogens with one attached hydrogen (secondary N) is 2. The van der Waals surface area contributed by atoms with Gasteiger partial charge in [0.1, 0.15) is 6.23 Å². The molecule has 5 nitrogen and oxygen atoms in total. The van der Waals surface area contributed by atoms with Gasteiger partial charge < -0.3 is 10.1 Å². The molecule has 1 aliphatic rings. The van der Waals surface area contributed by atoms with E-state index in [1.54, 1.807) is 0 Å². The average Bonchev–Trinajstić information content (AvgIpc) is 1.85. The van der Waals surface area contributed by atoms with E-state index in [-0.39, 0.29) is 0 Å². The van der Waals surface area contributed by atoms with Gasteiger partial charge >= 0.3 is 0 Å². The highest BCUT2D eigenvalue weighted by Gasteiger charge is 2.17. The van der Waals surface area contributed by atoms with Crippen molar-refractivity contribution in [3.05, 3.63) is 0 Å². The first-order valence-electron chi connectivity index (χ1n) is 3.12. The van der Waals surface area contributed by atoms with Crippen LogP contribution in [0.4, 0.5) is 0 Å². The fourth-order valence-electron chi connectivity index (χ4n) is 0.798. The van der Waals surface area contributed by atoms with Crippen LogP contribution >= 0.6 is 10.7 Å². The maximum absolute atomic E-state index is 10.4. The van der Waals surface area contributed by atoms with Crippen LogP contribution in [0.5, 0.6) is 0 Å². The minimum atomic E-state index is -3.67. The second-order valence-corrected chi connectivity index (χ2v) is 4.45. The van der Waals surface area contributed by atoms with Gasteiger partial charge in [-0.2, -0.15) is 13.1 Å². The summed E-state index contributed by atoms with van der Waals surface area (Å²) in [5.41, 5.74) is 0. The highest BCUT2D eigenvalue weighted by atomic mass is 35.7. The van der Waals surface area contributed by atoms with Crippen LogP contribution < -0.4 is 10.0 Å². The summed E-state index contributed by atoms with van der Waals surface area (Å²) in [7, 11) is 1.25. The lowest BCUT2D eigenvalue weighted by atomic mass is 10.5. The van der Waals surface area contributed by atoms with Gasteiger partial charge in [-0.1, -0.05) is 0 Å². The molecule has 0 spiro atoms. The topological polar surface area (TPSA) is 67.4 Å². The van der Waals surface area contributed by atoms with Gasteiger partial charge in [-0.05, 0) is 0 Å². The molecule has 1 saturated heterocycles. The van der Waals surface area contributed by atoms with Crippen molar-refractivity contribution >= 4 is 19.9 Å². The SMILES string of the molecule is O=S(=O)(Cl)NC1CNCCO1. The Morgan fingerprint density at radius 3 is 2.82 bits per heavy atom. The Labute approximate surface area is 69.6 Å². The molecular weight excluding hydrogens is 192 g/mol. The van der Waals surface area contributed by atoms with Gasteiger partial charge in [-0.15, -0.1) is 0 Å². The monoisotopic (exact) mass is 200 g/mol. The predicted molar refractivity (Wildman–Crippen MR) is 40.5 cm³/mol. The molecule has 1 rings (SSSR count). The number of rotatable bonds is 2. The fraction of sp³-hybridized carbons (Fsp3) is 1.00. The molecule has 0 amide bonds. The largest absolute Gasteiger partial charge is 0.360 e. The molecule has 1 heterocycles. The summed E-state index contributed by atoms with van der Waals surface area (Å²) in [6, 6.07) is 0. The average molecular weight is 201 g/mol. The van der Waals surface area contributed by atoms with Crippen molar-refractivity contribution in [2.75, 3.05) is 19.7 Å². The molecule has 1 fully saturated rings. The quantitative estimate of drug-likeness (QED) is 0.562. The van der Waals surface area contributed by atoms with Gasteiger partial charge in [0.05, 0.1) is 6.61 Å².